The summed E-state index contributed by atoms with van der Waals surface area (Å²) in [5.41, 5.74) is 0.950. The monoisotopic (exact) mass is 278 g/mol. The van der Waals surface area contributed by atoms with Crippen LogP contribution < -0.4 is 4.74 Å². The lowest BCUT2D eigenvalue weighted by Crippen LogP contribution is -1.88. The Balaban J connectivity index is 1.91. The average Bonchev–Trinajstić information content (AvgIpc) is 2.88. The molecule has 0 atom stereocenters. The number of fused-ring (bicyclic) bond motifs is 3. The zero-order chi connectivity index (χ0) is 13.4. The van der Waals surface area contributed by atoms with E-state index in [0.717, 1.165) is 21.4 Å². The first-order valence-electron chi connectivity index (χ1n) is 6.27. The maximum absolute atomic E-state index is 5.88. The largest absolute Gasteiger partial charge is 0.437 e. The molecular weight excluding hydrogens is 268 g/mol. The second kappa shape index (κ2) is 4.58. The first kappa shape index (κ1) is 11.4. The summed E-state index contributed by atoms with van der Waals surface area (Å²) in [7, 11) is 0. The molecule has 0 aliphatic rings. The van der Waals surface area contributed by atoms with Crippen molar-refractivity contribution < 1.29 is 4.74 Å². The molecule has 4 rings (SSSR count). The maximum atomic E-state index is 5.88. The molecule has 0 bridgehead atoms. The second-order valence-corrected chi connectivity index (χ2v) is 5.42. The number of aromatic nitrogens is 2. The maximum Gasteiger partial charge on any atom is 0.240 e. The molecule has 2 heterocycles. The minimum absolute atomic E-state index is 0.613. The Morgan fingerprint density at radius 1 is 0.850 bits per heavy atom. The topological polar surface area (TPSA) is 35.0 Å². The van der Waals surface area contributed by atoms with Crippen molar-refractivity contribution in [3.63, 3.8) is 0 Å². The average molecular weight is 278 g/mol. The van der Waals surface area contributed by atoms with E-state index in [1.165, 1.54) is 4.70 Å². The van der Waals surface area contributed by atoms with Gasteiger partial charge in [-0.05, 0) is 18.2 Å². The molecule has 0 radical (unpaired) electrons. The summed E-state index contributed by atoms with van der Waals surface area (Å²) in [6, 6.07) is 17.9. The summed E-state index contributed by atoms with van der Waals surface area (Å²) in [6.45, 7) is 0. The van der Waals surface area contributed by atoms with Gasteiger partial charge in [-0.15, -0.1) is 11.3 Å². The summed E-state index contributed by atoms with van der Waals surface area (Å²) in [4.78, 5) is 8.67. The Morgan fingerprint density at radius 3 is 2.55 bits per heavy atom. The van der Waals surface area contributed by atoms with Crippen molar-refractivity contribution >= 4 is 31.6 Å². The van der Waals surface area contributed by atoms with Crippen molar-refractivity contribution in [2.45, 2.75) is 0 Å². The van der Waals surface area contributed by atoms with E-state index >= 15 is 0 Å². The number of hydrogen-bond donors (Lipinski definition) is 0. The molecule has 2 aromatic carbocycles. The Labute approximate surface area is 119 Å². The number of para-hydroxylation sites is 1. The highest BCUT2D eigenvalue weighted by molar-refractivity contribution is 7.26. The molecule has 0 unspecified atom stereocenters. The molecule has 0 aliphatic carbocycles. The van der Waals surface area contributed by atoms with Crippen LogP contribution in [-0.2, 0) is 0 Å². The fourth-order valence-electron chi connectivity index (χ4n) is 2.18. The fourth-order valence-corrected chi connectivity index (χ4v) is 3.26. The van der Waals surface area contributed by atoms with Crippen LogP contribution in [0.1, 0.15) is 0 Å². The quantitative estimate of drug-likeness (QED) is 0.536. The summed E-state index contributed by atoms with van der Waals surface area (Å²) in [6.07, 6.45) is 1.56. The van der Waals surface area contributed by atoms with Gasteiger partial charge in [-0.2, -0.15) is 0 Å². The van der Waals surface area contributed by atoms with Crippen LogP contribution >= 0.6 is 11.3 Å². The van der Waals surface area contributed by atoms with E-state index in [0.29, 0.717) is 5.88 Å². The van der Waals surface area contributed by atoms with Crippen LogP contribution in [0.4, 0.5) is 0 Å². The van der Waals surface area contributed by atoms with Crippen molar-refractivity contribution in [1.29, 1.82) is 0 Å². The number of hydrogen-bond acceptors (Lipinski definition) is 4. The van der Waals surface area contributed by atoms with E-state index in [1.807, 2.05) is 42.5 Å². The van der Waals surface area contributed by atoms with Crippen molar-refractivity contribution in [3.8, 4) is 11.6 Å². The summed E-state index contributed by atoms with van der Waals surface area (Å²) in [5.74, 6) is 1.40. The molecule has 0 fully saturated rings. The Bertz CT molecular complexity index is 887. The lowest BCUT2D eigenvalue weighted by atomic mass is 10.2. The fraction of sp³-hybridized carbons (Fsp3) is 0. The van der Waals surface area contributed by atoms with Crippen LogP contribution in [0.15, 0.2) is 60.9 Å². The van der Waals surface area contributed by atoms with Gasteiger partial charge >= 0.3 is 0 Å². The smallest absolute Gasteiger partial charge is 0.240 e. The van der Waals surface area contributed by atoms with Gasteiger partial charge in [0.05, 0.1) is 5.52 Å². The molecular formula is C16H10N2OS. The second-order valence-electron chi connectivity index (χ2n) is 4.37. The molecule has 4 heteroatoms. The summed E-state index contributed by atoms with van der Waals surface area (Å²) < 4.78 is 8.06. The SMILES string of the molecule is c1ccc(Oc2ncnc3c2sc2ccccc23)cc1. The highest BCUT2D eigenvalue weighted by atomic mass is 32.1. The third-order valence-corrected chi connectivity index (χ3v) is 4.23. The molecule has 0 spiro atoms. The van der Waals surface area contributed by atoms with E-state index in [9.17, 15) is 0 Å². The number of nitrogens with zero attached hydrogens (tertiary/aromatic N) is 2. The van der Waals surface area contributed by atoms with Crippen LogP contribution in [-0.4, -0.2) is 9.97 Å². The van der Waals surface area contributed by atoms with Crippen LogP contribution in [0.5, 0.6) is 11.6 Å². The molecule has 2 aromatic heterocycles. The molecule has 0 amide bonds. The van der Waals surface area contributed by atoms with E-state index in [2.05, 4.69) is 22.1 Å². The first-order valence-corrected chi connectivity index (χ1v) is 7.08. The van der Waals surface area contributed by atoms with Gasteiger partial charge in [0, 0.05) is 10.1 Å². The standard InChI is InChI=1S/C16H10N2OS/c1-2-6-11(7-3-1)19-16-15-14(17-10-18-16)12-8-4-5-9-13(12)20-15/h1-10H. The third kappa shape index (κ3) is 1.82. The van der Waals surface area contributed by atoms with Crippen LogP contribution in [0.25, 0.3) is 20.3 Å². The number of benzene rings is 2. The molecule has 0 saturated heterocycles. The molecule has 0 aliphatic heterocycles. The highest BCUT2D eigenvalue weighted by Gasteiger charge is 2.12. The van der Waals surface area contributed by atoms with Gasteiger partial charge in [0.25, 0.3) is 0 Å². The van der Waals surface area contributed by atoms with Gasteiger partial charge in [0.1, 0.15) is 16.8 Å². The number of thiophene rings is 1. The molecule has 20 heavy (non-hydrogen) atoms. The molecule has 0 saturated carbocycles. The van der Waals surface area contributed by atoms with E-state index in [-0.39, 0.29) is 0 Å². The van der Waals surface area contributed by atoms with Gasteiger partial charge in [-0.3, -0.25) is 0 Å². The van der Waals surface area contributed by atoms with E-state index < -0.39 is 0 Å². The Morgan fingerprint density at radius 2 is 1.65 bits per heavy atom. The normalized spacial score (nSPS) is 11.0. The van der Waals surface area contributed by atoms with E-state index in [1.54, 1.807) is 17.7 Å². The molecule has 0 N–H and O–H groups in total. The number of ether oxygens (including phenoxy) is 1. The zero-order valence-corrected chi connectivity index (χ0v) is 11.3. The van der Waals surface area contributed by atoms with Crippen molar-refractivity contribution in [1.82, 2.24) is 9.97 Å². The first-order chi connectivity index (χ1) is 9.92. The molecule has 3 nitrogen and oxygen atoms in total. The third-order valence-electron chi connectivity index (χ3n) is 3.08. The Hall–Kier alpha value is -2.46. The lowest BCUT2D eigenvalue weighted by Gasteiger charge is -2.04. The van der Waals surface area contributed by atoms with Crippen molar-refractivity contribution in [2.75, 3.05) is 0 Å². The summed E-state index contributed by atoms with van der Waals surface area (Å²) >= 11 is 1.66. The minimum atomic E-state index is 0.613. The minimum Gasteiger partial charge on any atom is -0.437 e. The molecule has 96 valence electrons. The van der Waals surface area contributed by atoms with Crippen molar-refractivity contribution in [3.05, 3.63) is 60.9 Å². The van der Waals surface area contributed by atoms with Crippen LogP contribution in [0.2, 0.25) is 0 Å². The van der Waals surface area contributed by atoms with Gasteiger partial charge in [0.2, 0.25) is 5.88 Å². The van der Waals surface area contributed by atoms with Gasteiger partial charge in [-0.25, -0.2) is 9.97 Å². The van der Waals surface area contributed by atoms with Gasteiger partial charge in [0.15, 0.2) is 0 Å². The van der Waals surface area contributed by atoms with Gasteiger partial charge in [-0.1, -0.05) is 36.4 Å². The van der Waals surface area contributed by atoms with Crippen LogP contribution in [0.3, 0.4) is 0 Å². The lowest BCUT2D eigenvalue weighted by molar-refractivity contribution is 0.469. The van der Waals surface area contributed by atoms with Gasteiger partial charge < -0.3 is 4.74 Å². The highest BCUT2D eigenvalue weighted by Crippen LogP contribution is 2.37. The molecule has 4 aromatic rings. The van der Waals surface area contributed by atoms with Crippen molar-refractivity contribution in [2.24, 2.45) is 0 Å². The predicted octanol–water partition coefficient (Wildman–Crippen LogP) is 4.64. The van der Waals surface area contributed by atoms with Crippen LogP contribution in [0, 0.1) is 0 Å². The zero-order valence-electron chi connectivity index (χ0n) is 10.5. The Kier molecular flexibility index (Phi) is 2.60. The number of rotatable bonds is 2. The van der Waals surface area contributed by atoms with E-state index in [4.69, 9.17) is 4.74 Å². The predicted molar refractivity (Wildman–Crippen MR) is 81.4 cm³/mol. The summed E-state index contributed by atoms with van der Waals surface area (Å²) in [5, 5.41) is 1.15.